The molecule has 9 heteroatoms. The molecule has 0 heterocycles. The van der Waals surface area contributed by atoms with Crippen LogP contribution in [0, 0.1) is 5.41 Å². The SMILES string of the molecule is CC(C)(C)C(=O)NCCOCCOCCOCCNC(=O)CCCCS(C)(C)Cl. The first kappa shape index (κ1) is 28.5. The summed E-state index contributed by atoms with van der Waals surface area (Å²) in [5.41, 5.74) is -0.381. The Hall–Kier alpha value is -0.540. The van der Waals surface area contributed by atoms with Crippen molar-refractivity contribution in [2.75, 3.05) is 71.0 Å². The van der Waals surface area contributed by atoms with Gasteiger partial charge in [0.2, 0.25) is 11.8 Å². The number of carbonyl (C=O) groups excluding carboxylic acids is 2. The summed E-state index contributed by atoms with van der Waals surface area (Å²) in [6.45, 7) is 9.48. The van der Waals surface area contributed by atoms with E-state index in [2.05, 4.69) is 23.1 Å². The predicted octanol–water partition coefficient (Wildman–Crippen LogP) is 2.70. The van der Waals surface area contributed by atoms with Gasteiger partial charge in [0.15, 0.2) is 0 Å². The molecular weight excluding hydrogens is 416 g/mol. The molecule has 2 N–H and O–H groups in total. The Labute approximate surface area is 182 Å². The van der Waals surface area contributed by atoms with E-state index >= 15 is 0 Å². The minimum Gasteiger partial charge on any atom is -0.377 e. The van der Waals surface area contributed by atoms with E-state index in [1.165, 1.54) is 0 Å². The Balaban J connectivity index is 3.29. The molecule has 0 aromatic heterocycles. The zero-order chi connectivity index (χ0) is 22.2. The monoisotopic (exact) mass is 456 g/mol. The van der Waals surface area contributed by atoms with Crippen molar-refractivity contribution in [3.63, 3.8) is 0 Å². The van der Waals surface area contributed by atoms with Crippen molar-refractivity contribution in [1.82, 2.24) is 10.6 Å². The minimum absolute atomic E-state index is 0.0157. The third-order valence-corrected chi connectivity index (χ3v) is 5.53. The van der Waals surface area contributed by atoms with Crippen LogP contribution < -0.4 is 10.6 Å². The zero-order valence-electron chi connectivity index (χ0n) is 18.8. The lowest BCUT2D eigenvalue weighted by Gasteiger charge is -2.21. The van der Waals surface area contributed by atoms with Gasteiger partial charge in [-0.15, -0.1) is 0 Å². The maximum Gasteiger partial charge on any atom is 0.225 e. The second-order valence-corrected chi connectivity index (χ2v) is 14.0. The highest BCUT2D eigenvalue weighted by atomic mass is 35.7. The van der Waals surface area contributed by atoms with Gasteiger partial charge in [-0.2, -0.15) is 9.24 Å². The van der Waals surface area contributed by atoms with Crippen LogP contribution in [-0.4, -0.2) is 82.8 Å². The van der Waals surface area contributed by atoms with Crippen LogP contribution in [0.15, 0.2) is 0 Å². The van der Waals surface area contributed by atoms with Crippen molar-refractivity contribution in [2.24, 2.45) is 5.41 Å². The van der Waals surface area contributed by atoms with Crippen LogP contribution in [0.1, 0.15) is 40.0 Å². The molecule has 0 atom stereocenters. The molecular formula is C20H41ClN2O5S. The molecule has 0 bridgehead atoms. The van der Waals surface area contributed by atoms with Gasteiger partial charge in [0, 0.05) is 24.9 Å². The Kier molecular flexibility index (Phi) is 15.9. The van der Waals surface area contributed by atoms with Gasteiger partial charge in [0.05, 0.1) is 39.6 Å². The average molecular weight is 457 g/mol. The molecule has 29 heavy (non-hydrogen) atoms. The summed E-state index contributed by atoms with van der Waals surface area (Å²) in [6, 6.07) is 0. The summed E-state index contributed by atoms with van der Waals surface area (Å²) >= 11 is 0. The van der Waals surface area contributed by atoms with Crippen LogP contribution in [0.3, 0.4) is 0 Å². The van der Waals surface area contributed by atoms with E-state index in [0.717, 1.165) is 18.6 Å². The van der Waals surface area contributed by atoms with Gasteiger partial charge < -0.3 is 24.8 Å². The summed E-state index contributed by atoms with van der Waals surface area (Å²) in [5.74, 6) is 1.06. The highest BCUT2D eigenvalue weighted by molar-refractivity contribution is 8.50. The fourth-order valence-corrected chi connectivity index (χ4v) is 3.34. The molecule has 0 saturated carbocycles. The summed E-state index contributed by atoms with van der Waals surface area (Å²) < 4.78 is 16.2. The van der Waals surface area contributed by atoms with E-state index in [4.69, 9.17) is 24.9 Å². The third kappa shape index (κ3) is 20.5. The highest BCUT2D eigenvalue weighted by Gasteiger charge is 2.20. The third-order valence-electron chi connectivity index (χ3n) is 3.81. The van der Waals surface area contributed by atoms with E-state index < -0.39 is 9.24 Å². The molecule has 0 fully saturated rings. The largest absolute Gasteiger partial charge is 0.377 e. The van der Waals surface area contributed by atoms with Crippen molar-refractivity contribution in [3.05, 3.63) is 0 Å². The molecule has 0 aliphatic heterocycles. The van der Waals surface area contributed by atoms with E-state index in [0.29, 0.717) is 59.2 Å². The standard InChI is InChI=1S/C20H41ClN2O5S/c1-20(2,3)19(25)23-10-12-27-14-16-28-15-13-26-11-9-22-18(24)8-6-7-17-29(4,5)21/h6-17H2,1-5H3,(H,22,24)(H,23,25). The lowest BCUT2D eigenvalue weighted by atomic mass is 9.96. The Morgan fingerprint density at radius 1 is 0.828 bits per heavy atom. The molecule has 0 aromatic rings. The minimum atomic E-state index is -0.985. The van der Waals surface area contributed by atoms with Gasteiger partial charge in [-0.05, 0) is 31.1 Å². The molecule has 174 valence electrons. The maximum atomic E-state index is 11.7. The number of hydrogen-bond donors (Lipinski definition) is 2. The number of carbonyl (C=O) groups is 2. The second-order valence-electron chi connectivity index (χ2n) is 8.26. The van der Waals surface area contributed by atoms with Crippen LogP contribution >= 0.6 is 19.9 Å². The predicted molar refractivity (Wildman–Crippen MR) is 122 cm³/mol. The molecule has 0 spiro atoms. The number of hydrogen-bond acceptors (Lipinski definition) is 5. The summed E-state index contributed by atoms with van der Waals surface area (Å²) in [4.78, 5) is 23.3. The van der Waals surface area contributed by atoms with Gasteiger partial charge in [-0.3, -0.25) is 9.59 Å². The van der Waals surface area contributed by atoms with Crippen LogP contribution in [0.5, 0.6) is 0 Å². The number of nitrogens with one attached hydrogen (secondary N) is 2. The van der Waals surface area contributed by atoms with Gasteiger partial charge in [0.1, 0.15) is 0 Å². The number of unbranched alkanes of at least 4 members (excludes halogenated alkanes) is 1. The number of ether oxygens (including phenoxy) is 3. The van der Waals surface area contributed by atoms with Crippen LogP contribution in [0.2, 0.25) is 0 Å². The van der Waals surface area contributed by atoms with Crippen molar-refractivity contribution in [2.45, 2.75) is 40.0 Å². The zero-order valence-corrected chi connectivity index (χ0v) is 20.4. The molecule has 0 unspecified atom stereocenters. The van der Waals surface area contributed by atoms with Crippen molar-refractivity contribution >= 4 is 31.7 Å². The van der Waals surface area contributed by atoms with E-state index in [1.807, 2.05) is 20.8 Å². The van der Waals surface area contributed by atoms with Crippen molar-refractivity contribution in [3.8, 4) is 0 Å². The number of rotatable bonds is 17. The number of halogens is 1. The Morgan fingerprint density at radius 3 is 1.79 bits per heavy atom. The van der Waals surface area contributed by atoms with E-state index in [9.17, 15) is 9.59 Å². The first-order valence-electron chi connectivity index (χ1n) is 10.2. The summed E-state index contributed by atoms with van der Waals surface area (Å²) in [5, 5.41) is 5.67. The molecule has 0 aliphatic carbocycles. The van der Waals surface area contributed by atoms with Gasteiger partial charge >= 0.3 is 0 Å². The van der Waals surface area contributed by atoms with Gasteiger partial charge in [-0.1, -0.05) is 31.5 Å². The fourth-order valence-electron chi connectivity index (χ4n) is 2.13. The van der Waals surface area contributed by atoms with Gasteiger partial charge in [-0.25, -0.2) is 0 Å². The second kappa shape index (κ2) is 16.2. The molecule has 0 rings (SSSR count). The topological polar surface area (TPSA) is 85.9 Å². The lowest BCUT2D eigenvalue weighted by Crippen LogP contribution is -2.36. The first-order chi connectivity index (χ1) is 13.5. The van der Waals surface area contributed by atoms with Crippen molar-refractivity contribution < 1.29 is 23.8 Å². The normalized spacial score (nSPS) is 12.6. The summed E-state index contributed by atoms with van der Waals surface area (Å²) in [7, 11) is 5.22. The average Bonchev–Trinajstić information content (AvgIpc) is 2.60. The van der Waals surface area contributed by atoms with Crippen LogP contribution in [-0.2, 0) is 23.8 Å². The highest BCUT2D eigenvalue weighted by Crippen LogP contribution is 2.45. The lowest BCUT2D eigenvalue weighted by molar-refractivity contribution is -0.128. The van der Waals surface area contributed by atoms with Crippen LogP contribution in [0.4, 0.5) is 0 Å². The first-order valence-corrected chi connectivity index (χ1v) is 13.7. The van der Waals surface area contributed by atoms with E-state index in [1.54, 1.807) is 0 Å². The Morgan fingerprint density at radius 2 is 1.31 bits per heavy atom. The van der Waals surface area contributed by atoms with E-state index in [-0.39, 0.29) is 17.2 Å². The molecule has 0 aromatic carbocycles. The number of amides is 2. The smallest absolute Gasteiger partial charge is 0.225 e. The Bertz CT molecular complexity index is 453. The van der Waals surface area contributed by atoms with Crippen molar-refractivity contribution in [1.29, 1.82) is 0 Å². The van der Waals surface area contributed by atoms with Gasteiger partial charge in [0.25, 0.3) is 0 Å². The maximum absolute atomic E-state index is 11.7. The summed E-state index contributed by atoms with van der Waals surface area (Å²) in [6.07, 6.45) is 6.53. The molecule has 0 aliphatic rings. The molecule has 7 nitrogen and oxygen atoms in total. The fraction of sp³-hybridized carbons (Fsp3) is 0.900. The molecule has 0 saturated heterocycles. The molecule has 0 radical (unpaired) electrons. The van der Waals surface area contributed by atoms with Crippen LogP contribution in [0.25, 0.3) is 0 Å². The quantitative estimate of drug-likeness (QED) is 0.329. The molecule has 2 amide bonds.